The largest absolute Gasteiger partial charge is 0.382 e. The van der Waals surface area contributed by atoms with Crippen molar-refractivity contribution in [2.45, 2.75) is 19.9 Å². The fourth-order valence-corrected chi connectivity index (χ4v) is 1.85. The van der Waals surface area contributed by atoms with Gasteiger partial charge in [-0.3, -0.25) is 9.20 Å². The first-order valence-corrected chi connectivity index (χ1v) is 6.57. The molecular formula is C14H19N3O2. The zero-order chi connectivity index (χ0) is 13.5. The van der Waals surface area contributed by atoms with Gasteiger partial charge in [0, 0.05) is 32.0 Å². The Labute approximate surface area is 112 Å². The lowest BCUT2D eigenvalue weighted by molar-refractivity contribution is 0.144. The summed E-state index contributed by atoms with van der Waals surface area (Å²) in [6.45, 7) is 4.96. The van der Waals surface area contributed by atoms with Gasteiger partial charge in [-0.1, -0.05) is 6.07 Å². The predicted octanol–water partition coefficient (Wildman–Crippen LogP) is 1.21. The van der Waals surface area contributed by atoms with Crippen LogP contribution in [0.3, 0.4) is 0 Å². The number of aromatic nitrogens is 2. The number of hydrogen-bond donors (Lipinski definition) is 1. The van der Waals surface area contributed by atoms with Crippen molar-refractivity contribution < 1.29 is 4.74 Å². The van der Waals surface area contributed by atoms with Gasteiger partial charge in [0.05, 0.1) is 5.69 Å². The third-order valence-corrected chi connectivity index (χ3v) is 2.78. The van der Waals surface area contributed by atoms with Gasteiger partial charge in [-0.2, -0.15) is 0 Å². The average Bonchev–Trinajstić information content (AvgIpc) is 2.43. The summed E-state index contributed by atoms with van der Waals surface area (Å²) < 4.78 is 6.79. The predicted molar refractivity (Wildman–Crippen MR) is 74.3 cm³/mol. The summed E-state index contributed by atoms with van der Waals surface area (Å²) in [4.78, 5) is 16.3. The molecule has 0 bridgehead atoms. The standard InChI is InChI=1S/C14H19N3O2/c1-2-19-9-5-7-15-11-12-10-14(18)17-8-4-3-6-13(17)16-12/h3-4,6,8,10,15H,2,5,7,9,11H2,1H3. The molecule has 102 valence electrons. The fourth-order valence-electron chi connectivity index (χ4n) is 1.85. The Balaban J connectivity index is 1.92. The average molecular weight is 261 g/mol. The molecule has 5 nitrogen and oxygen atoms in total. The number of rotatable bonds is 7. The molecule has 0 fully saturated rings. The normalized spacial score (nSPS) is 11.0. The van der Waals surface area contributed by atoms with Crippen LogP contribution in [0.4, 0.5) is 0 Å². The van der Waals surface area contributed by atoms with E-state index in [9.17, 15) is 4.79 Å². The van der Waals surface area contributed by atoms with Gasteiger partial charge in [-0.25, -0.2) is 4.98 Å². The lowest BCUT2D eigenvalue weighted by Gasteiger charge is -2.06. The molecule has 1 N–H and O–H groups in total. The van der Waals surface area contributed by atoms with E-state index in [1.54, 1.807) is 16.7 Å². The fraction of sp³-hybridized carbons (Fsp3) is 0.429. The first-order chi connectivity index (χ1) is 9.31. The molecule has 2 rings (SSSR count). The summed E-state index contributed by atoms with van der Waals surface area (Å²) in [5, 5.41) is 3.26. The minimum Gasteiger partial charge on any atom is -0.382 e. The van der Waals surface area contributed by atoms with E-state index < -0.39 is 0 Å². The van der Waals surface area contributed by atoms with Crippen LogP contribution >= 0.6 is 0 Å². The minimum atomic E-state index is -0.0447. The van der Waals surface area contributed by atoms with Crippen molar-refractivity contribution in [1.29, 1.82) is 0 Å². The van der Waals surface area contributed by atoms with Gasteiger partial charge in [-0.15, -0.1) is 0 Å². The molecule has 0 aliphatic heterocycles. The molecular weight excluding hydrogens is 242 g/mol. The van der Waals surface area contributed by atoms with E-state index in [1.165, 1.54) is 0 Å². The number of hydrogen-bond acceptors (Lipinski definition) is 4. The van der Waals surface area contributed by atoms with Gasteiger partial charge in [0.1, 0.15) is 5.65 Å². The summed E-state index contributed by atoms with van der Waals surface area (Å²) >= 11 is 0. The molecule has 19 heavy (non-hydrogen) atoms. The Morgan fingerprint density at radius 2 is 2.32 bits per heavy atom. The van der Waals surface area contributed by atoms with Crippen LogP contribution in [-0.4, -0.2) is 29.1 Å². The molecule has 0 unspecified atom stereocenters. The van der Waals surface area contributed by atoms with Crippen LogP contribution in [0.15, 0.2) is 35.3 Å². The molecule has 5 heteroatoms. The summed E-state index contributed by atoms with van der Waals surface area (Å²) in [5.74, 6) is 0. The number of ether oxygens (including phenoxy) is 1. The molecule has 0 radical (unpaired) electrons. The van der Waals surface area contributed by atoms with Crippen LogP contribution in [-0.2, 0) is 11.3 Å². The summed E-state index contributed by atoms with van der Waals surface area (Å²) in [6, 6.07) is 7.10. The van der Waals surface area contributed by atoms with E-state index >= 15 is 0 Å². The number of fused-ring (bicyclic) bond motifs is 1. The van der Waals surface area contributed by atoms with Gasteiger partial charge in [0.15, 0.2) is 0 Å². The van der Waals surface area contributed by atoms with Gasteiger partial charge < -0.3 is 10.1 Å². The second kappa shape index (κ2) is 7.01. The number of nitrogens with zero attached hydrogens (tertiary/aromatic N) is 2. The topological polar surface area (TPSA) is 55.6 Å². The maximum absolute atomic E-state index is 11.8. The highest BCUT2D eigenvalue weighted by atomic mass is 16.5. The lowest BCUT2D eigenvalue weighted by atomic mass is 10.3. The quantitative estimate of drug-likeness (QED) is 0.761. The molecule has 0 aliphatic rings. The molecule has 2 aromatic rings. The highest BCUT2D eigenvalue weighted by molar-refractivity contribution is 5.37. The van der Waals surface area contributed by atoms with Crippen LogP contribution in [0.5, 0.6) is 0 Å². The van der Waals surface area contributed by atoms with E-state index in [0.29, 0.717) is 12.2 Å². The summed E-state index contributed by atoms with van der Waals surface area (Å²) in [6.07, 6.45) is 2.68. The van der Waals surface area contributed by atoms with Gasteiger partial charge in [-0.05, 0) is 32.0 Å². The Morgan fingerprint density at radius 1 is 1.42 bits per heavy atom. The molecule has 0 amide bonds. The monoisotopic (exact) mass is 261 g/mol. The molecule has 0 aromatic carbocycles. The van der Waals surface area contributed by atoms with Crippen molar-refractivity contribution in [3.8, 4) is 0 Å². The molecule has 0 aliphatic carbocycles. The molecule has 0 saturated carbocycles. The highest BCUT2D eigenvalue weighted by Crippen LogP contribution is 1.98. The first kappa shape index (κ1) is 13.7. The van der Waals surface area contributed by atoms with Crippen LogP contribution < -0.4 is 10.9 Å². The van der Waals surface area contributed by atoms with E-state index in [1.807, 2.05) is 25.1 Å². The smallest absolute Gasteiger partial charge is 0.258 e. The second-order valence-electron chi connectivity index (χ2n) is 4.24. The molecule has 2 heterocycles. The van der Waals surface area contributed by atoms with Crippen molar-refractivity contribution in [3.63, 3.8) is 0 Å². The molecule has 0 spiro atoms. The molecule has 2 aromatic heterocycles. The highest BCUT2D eigenvalue weighted by Gasteiger charge is 2.01. The maximum atomic E-state index is 11.8. The van der Waals surface area contributed by atoms with Gasteiger partial charge in [0.25, 0.3) is 5.56 Å². The van der Waals surface area contributed by atoms with Crippen LogP contribution in [0.2, 0.25) is 0 Å². The first-order valence-electron chi connectivity index (χ1n) is 6.57. The lowest BCUT2D eigenvalue weighted by Crippen LogP contribution is -2.21. The zero-order valence-corrected chi connectivity index (χ0v) is 11.1. The summed E-state index contributed by atoms with van der Waals surface area (Å²) in [5.41, 5.74) is 1.41. The van der Waals surface area contributed by atoms with E-state index in [0.717, 1.165) is 31.9 Å². The SMILES string of the molecule is CCOCCCNCc1cc(=O)n2ccccc2n1. The van der Waals surface area contributed by atoms with Crippen LogP contribution in [0, 0.1) is 0 Å². The van der Waals surface area contributed by atoms with E-state index in [4.69, 9.17) is 4.74 Å². The van der Waals surface area contributed by atoms with Gasteiger partial charge >= 0.3 is 0 Å². The summed E-state index contributed by atoms with van der Waals surface area (Å²) in [7, 11) is 0. The van der Waals surface area contributed by atoms with Crippen molar-refractivity contribution in [2.75, 3.05) is 19.8 Å². The van der Waals surface area contributed by atoms with Crippen molar-refractivity contribution in [3.05, 3.63) is 46.5 Å². The van der Waals surface area contributed by atoms with Crippen LogP contribution in [0.25, 0.3) is 5.65 Å². The second-order valence-corrected chi connectivity index (χ2v) is 4.24. The Morgan fingerprint density at radius 3 is 3.16 bits per heavy atom. The van der Waals surface area contributed by atoms with Crippen molar-refractivity contribution in [2.24, 2.45) is 0 Å². The maximum Gasteiger partial charge on any atom is 0.258 e. The third kappa shape index (κ3) is 3.87. The van der Waals surface area contributed by atoms with Gasteiger partial charge in [0.2, 0.25) is 0 Å². The van der Waals surface area contributed by atoms with Crippen molar-refractivity contribution in [1.82, 2.24) is 14.7 Å². The number of pyridine rings is 1. The van der Waals surface area contributed by atoms with E-state index in [-0.39, 0.29) is 5.56 Å². The molecule has 0 atom stereocenters. The Bertz CT molecular complexity index is 580. The zero-order valence-electron chi connectivity index (χ0n) is 11.1. The molecule has 0 saturated heterocycles. The van der Waals surface area contributed by atoms with Crippen molar-refractivity contribution >= 4 is 5.65 Å². The van der Waals surface area contributed by atoms with E-state index in [2.05, 4.69) is 10.3 Å². The van der Waals surface area contributed by atoms with Crippen LogP contribution in [0.1, 0.15) is 19.0 Å². The minimum absolute atomic E-state index is 0.0447. The Kier molecular flexibility index (Phi) is 5.06. The third-order valence-electron chi connectivity index (χ3n) is 2.78. The number of nitrogens with one attached hydrogen (secondary N) is 1. The Hall–Kier alpha value is -1.72.